The largest absolute Gasteiger partial charge is 0.382 e. The Morgan fingerprint density at radius 2 is 2.36 bits per heavy atom. The normalized spacial score (nSPS) is 31.1. The summed E-state index contributed by atoms with van der Waals surface area (Å²) in [5.74, 6) is 0.792. The van der Waals surface area contributed by atoms with Crippen molar-refractivity contribution >= 4 is 0 Å². The molecule has 0 aromatic rings. The van der Waals surface area contributed by atoms with Crippen LogP contribution in [-0.2, 0) is 9.47 Å². The first-order valence-corrected chi connectivity index (χ1v) is 4.47. The van der Waals surface area contributed by atoms with E-state index in [4.69, 9.17) is 9.47 Å². The van der Waals surface area contributed by atoms with Crippen molar-refractivity contribution < 1.29 is 9.47 Å². The highest BCUT2D eigenvalue weighted by Gasteiger charge is 2.24. The van der Waals surface area contributed by atoms with E-state index in [-0.39, 0.29) is 0 Å². The van der Waals surface area contributed by atoms with Gasteiger partial charge in [-0.15, -0.1) is 0 Å². The fraction of sp³-hybridized carbons (Fsp3) is 1.00. The molecule has 2 nitrogen and oxygen atoms in total. The molecular weight excluding hydrogens is 140 g/mol. The van der Waals surface area contributed by atoms with E-state index in [2.05, 4.69) is 6.92 Å². The maximum Gasteiger partial charge on any atom is 0.0811 e. The molecule has 0 aliphatic carbocycles. The van der Waals surface area contributed by atoms with E-state index >= 15 is 0 Å². The highest BCUT2D eigenvalue weighted by molar-refractivity contribution is 4.72. The quantitative estimate of drug-likeness (QED) is 0.621. The van der Waals surface area contributed by atoms with Gasteiger partial charge in [0.25, 0.3) is 0 Å². The fourth-order valence-corrected chi connectivity index (χ4v) is 1.69. The van der Waals surface area contributed by atoms with E-state index in [9.17, 15) is 0 Å². The van der Waals surface area contributed by atoms with Crippen LogP contribution in [0.25, 0.3) is 0 Å². The molecule has 1 saturated heterocycles. The Morgan fingerprint density at radius 3 is 3.00 bits per heavy atom. The van der Waals surface area contributed by atoms with Gasteiger partial charge in [0, 0.05) is 13.7 Å². The lowest BCUT2D eigenvalue weighted by molar-refractivity contribution is 0.0368. The van der Waals surface area contributed by atoms with Crippen molar-refractivity contribution in [2.24, 2.45) is 5.92 Å². The molecule has 0 radical (unpaired) electrons. The summed E-state index contributed by atoms with van der Waals surface area (Å²) in [7, 11) is 1.73. The van der Waals surface area contributed by atoms with Gasteiger partial charge in [-0.1, -0.05) is 13.3 Å². The molecule has 1 fully saturated rings. The third-order valence-electron chi connectivity index (χ3n) is 2.21. The third-order valence-corrected chi connectivity index (χ3v) is 2.21. The Bertz CT molecular complexity index is 91.7. The second-order valence-electron chi connectivity index (χ2n) is 3.30. The Labute approximate surface area is 68.9 Å². The van der Waals surface area contributed by atoms with Crippen LogP contribution in [0, 0.1) is 5.92 Å². The lowest BCUT2D eigenvalue weighted by Gasteiger charge is -2.06. The van der Waals surface area contributed by atoms with Crippen molar-refractivity contribution in [2.75, 3.05) is 20.3 Å². The molecule has 11 heavy (non-hydrogen) atoms. The SMILES string of the molecule is CCCC1COC(COC)C1. The molecule has 0 amide bonds. The van der Waals surface area contributed by atoms with Gasteiger partial charge >= 0.3 is 0 Å². The van der Waals surface area contributed by atoms with Crippen LogP contribution >= 0.6 is 0 Å². The summed E-state index contributed by atoms with van der Waals surface area (Å²) in [5, 5.41) is 0. The van der Waals surface area contributed by atoms with Crippen molar-refractivity contribution in [1.29, 1.82) is 0 Å². The first-order chi connectivity index (χ1) is 5.36. The standard InChI is InChI=1S/C9H18O2/c1-3-4-8-5-9(7-10-2)11-6-8/h8-9H,3-7H2,1-2H3. The second kappa shape index (κ2) is 4.73. The zero-order valence-corrected chi connectivity index (χ0v) is 7.51. The van der Waals surface area contributed by atoms with Gasteiger partial charge in [0.05, 0.1) is 12.7 Å². The van der Waals surface area contributed by atoms with Crippen LogP contribution in [0.15, 0.2) is 0 Å². The Hall–Kier alpha value is -0.0800. The number of methoxy groups -OCH3 is 1. The zero-order chi connectivity index (χ0) is 8.10. The van der Waals surface area contributed by atoms with Crippen LogP contribution in [-0.4, -0.2) is 26.4 Å². The minimum absolute atomic E-state index is 0.372. The van der Waals surface area contributed by atoms with Gasteiger partial charge in [0.1, 0.15) is 0 Å². The predicted octanol–water partition coefficient (Wildman–Crippen LogP) is 1.84. The number of hydrogen-bond acceptors (Lipinski definition) is 2. The summed E-state index contributed by atoms with van der Waals surface area (Å²) < 4.78 is 10.6. The van der Waals surface area contributed by atoms with Crippen LogP contribution in [0.3, 0.4) is 0 Å². The summed E-state index contributed by atoms with van der Waals surface area (Å²) in [6, 6.07) is 0. The third kappa shape index (κ3) is 2.80. The van der Waals surface area contributed by atoms with Crippen LogP contribution in [0.5, 0.6) is 0 Å². The first-order valence-electron chi connectivity index (χ1n) is 4.47. The molecule has 0 spiro atoms. The summed E-state index contributed by atoms with van der Waals surface area (Å²) in [4.78, 5) is 0. The van der Waals surface area contributed by atoms with Crippen molar-refractivity contribution in [3.05, 3.63) is 0 Å². The van der Waals surface area contributed by atoms with Crippen LogP contribution in [0.4, 0.5) is 0 Å². The van der Waals surface area contributed by atoms with Gasteiger partial charge in [-0.25, -0.2) is 0 Å². The summed E-state index contributed by atoms with van der Waals surface area (Å²) in [6.45, 7) is 3.94. The Morgan fingerprint density at radius 1 is 1.55 bits per heavy atom. The fourth-order valence-electron chi connectivity index (χ4n) is 1.69. The lowest BCUT2D eigenvalue weighted by Crippen LogP contribution is -2.12. The molecule has 0 aromatic heterocycles. The molecule has 0 aromatic carbocycles. The first kappa shape index (κ1) is 9.01. The minimum atomic E-state index is 0.372. The Kier molecular flexibility index (Phi) is 3.87. The average Bonchev–Trinajstić information content (AvgIpc) is 2.38. The monoisotopic (exact) mass is 158 g/mol. The van der Waals surface area contributed by atoms with Crippen molar-refractivity contribution in [3.63, 3.8) is 0 Å². The van der Waals surface area contributed by atoms with E-state index in [1.807, 2.05) is 0 Å². The van der Waals surface area contributed by atoms with Gasteiger partial charge in [-0.3, -0.25) is 0 Å². The molecule has 2 atom stereocenters. The smallest absolute Gasteiger partial charge is 0.0811 e. The molecule has 2 unspecified atom stereocenters. The predicted molar refractivity (Wildman–Crippen MR) is 44.6 cm³/mol. The molecule has 0 bridgehead atoms. The van der Waals surface area contributed by atoms with Crippen LogP contribution in [0.2, 0.25) is 0 Å². The zero-order valence-electron chi connectivity index (χ0n) is 7.51. The average molecular weight is 158 g/mol. The van der Waals surface area contributed by atoms with E-state index in [1.165, 1.54) is 19.3 Å². The van der Waals surface area contributed by atoms with Gasteiger partial charge in [0.15, 0.2) is 0 Å². The minimum Gasteiger partial charge on any atom is -0.382 e. The van der Waals surface area contributed by atoms with E-state index in [1.54, 1.807) is 7.11 Å². The maximum atomic E-state index is 5.53. The van der Waals surface area contributed by atoms with Gasteiger partial charge in [-0.05, 0) is 18.8 Å². The van der Waals surface area contributed by atoms with E-state index in [0.717, 1.165) is 19.1 Å². The molecule has 0 N–H and O–H groups in total. The number of rotatable bonds is 4. The topological polar surface area (TPSA) is 18.5 Å². The molecule has 1 aliphatic heterocycles. The number of ether oxygens (including phenoxy) is 2. The molecule has 0 saturated carbocycles. The molecule has 1 rings (SSSR count). The number of hydrogen-bond donors (Lipinski definition) is 0. The van der Waals surface area contributed by atoms with E-state index in [0.29, 0.717) is 6.10 Å². The molecular formula is C9H18O2. The maximum absolute atomic E-state index is 5.53. The Balaban J connectivity index is 2.12. The molecule has 66 valence electrons. The molecule has 2 heteroatoms. The van der Waals surface area contributed by atoms with E-state index < -0.39 is 0 Å². The van der Waals surface area contributed by atoms with Crippen molar-refractivity contribution in [2.45, 2.75) is 32.3 Å². The van der Waals surface area contributed by atoms with Crippen LogP contribution in [0.1, 0.15) is 26.2 Å². The van der Waals surface area contributed by atoms with Gasteiger partial charge in [0.2, 0.25) is 0 Å². The molecule has 1 aliphatic rings. The summed E-state index contributed by atoms with van der Waals surface area (Å²) in [5.41, 5.74) is 0. The summed E-state index contributed by atoms with van der Waals surface area (Å²) >= 11 is 0. The second-order valence-corrected chi connectivity index (χ2v) is 3.30. The van der Waals surface area contributed by atoms with Crippen molar-refractivity contribution in [1.82, 2.24) is 0 Å². The van der Waals surface area contributed by atoms with Crippen molar-refractivity contribution in [3.8, 4) is 0 Å². The lowest BCUT2D eigenvalue weighted by atomic mass is 10.0. The highest BCUT2D eigenvalue weighted by atomic mass is 16.5. The molecule has 1 heterocycles. The summed E-state index contributed by atoms with van der Waals surface area (Å²) in [6.07, 6.45) is 4.15. The van der Waals surface area contributed by atoms with Crippen LogP contribution < -0.4 is 0 Å². The highest BCUT2D eigenvalue weighted by Crippen LogP contribution is 2.23. The van der Waals surface area contributed by atoms with Gasteiger partial charge < -0.3 is 9.47 Å². The van der Waals surface area contributed by atoms with Gasteiger partial charge in [-0.2, -0.15) is 0 Å².